The lowest BCUT2D eigenvalue weighted by Gasteiger charge is -2.22. The standard InChI is InChI=1S/C13H10F2O4/c1-13(18,8-3-2-4-9(14)10(8)15)11-7(12(16)17)5-6-19-11/h2-6,18H,1H3,(H,16,17). The first-order valence-corrected chi connectivity index (χ1v) is 5.34. The molecule has 2 aromatic rings. The van der Waals surface area contributed by atoms with E-state index in [1.54, 1.807) is 0 Å². The number of rotatable bonds is 3. The summed E-state index contributed by atoms with van der Waals surface area (Å²) in [6, 6.07) is 4.40. The fourth-order valence-electron chi connectivity index (χ4n) is 1.86. The van der Waals surface area contributed by atoms with Crippen molar-refractivity contribution >= 4 is 5.97 Å². The molecule has 2 rings (SSSR count). The van der Waals surface area contributed by atoms with E-state index in [0.717, 1.165) is 31.4 Å². The van der Waals surface area contributed by atoms with E-state index in [-0.39, 0.29) is 11.3 Å². The van der Waals surface area contributed by atoms with Gasteiger partial charge in [0, 0.05) is 5.56 Å². The van der Waals surface area contributed by atoms with Gasteiger partial charge >= 0.3 is 5.97 Å². The highest BCUT2D eigenvalue weighted by atomic mass is 19.2. The molecule has 1 aromatic heterocycles. The van der Waals surface area contributed by atoms with E-state index in [9.17, 15) is 18.7 Å². The summed E-state index contributed by atoms with van der Waals surface area (Å²) in [5, 5.41) is 19.3. The molecule has 100 valence electrons. The van der Waals surface area contributed by atoms with Gasteiger partial charge in [0.15, 0.2) is 17.4 Å². The molecule has 0 radical (unpaired) electrons. The highest BCUT2D eigenvalue weighted by molar-refractivity contribution is 5.89. The molecule has 0 aliphatic carbocycles. The lowest BCUT2D eigenvalue weighted by atomic mass is 9.90. The molecule has 0 aliphatic rings. The van der Waals surface area contributed by atoms with Gasteiger partial charge in [-0.25, -0.2) is 13.6 Å². The number of hydrogen-bond acceptors (Lipinski definition) is 3. The van der Waals surface area contributed by atoms with Gasteiger partial charge in [-0.1, -0.05) is 12.1 Å². The van der Waals surface area contributed by atoms with Crippen LogP contribution >= 0.6 is 0 Å². The van der Waals surface area contributed by atoms with Gasteiger partial charge in [-0.15, -0.1) is 0 Å². The zero-order chi connectivity index (χ0) is 14.2. The Bertz CT molecular complexity index is 631. The number of hydrogen-bond donors (Lipinski definition) is 2. The van der Waals surface area contributed by atoms with Crippen molar-refractivity contribution in [1.29, 1.82) is 0 Å². The lowest BCUT2D eigenvalue weighted by molar-refractivity contribution is 0.0597. The zero-order valence-electron chi connectivity index (χ0n) is 9.85. The molecule has 0 aliphatic heterocycles. The average molecular weight is 268 g/mol. The van der Waals surface area contributed by atoms with E-state index in [2.05, 4.69) is 0 Å². The third kappa shape index (κ3) is 2.10. The number of benzene rings is 1. The summed E-state index contributed by atoms with van der Waals surface area (Å²) >= 11 is 0. The molecule has 0 saturated heterocycles. The Balaban J connectivity index is 2.62. The van der Waals surface area contributed by atoms with Gasteiger partial charge in [-0.2, -0.15) is 0 Å². The normalized spacial score (nSPS) is 14.1. The maximum absolute atomic E-state index is 13.7. The minimum atomic E-state index is -2.09. The van der Waals surface area contributed by atoms with Crippen LogP contribution in [0.4, 0.5) is 8.78 Å². The Morgan fingerprint density at radius 1 is 1.32 bits per heavy atom. The van der Waals surface area contributed by atoms with Crippen LogP contribution in [0.2, 0.25) is 0 Å². The van der Waals surface area contributed by atoms with Crippen LogP contribution in [0.1, 0.15) is 28.6 Å². The van der Waals surface area contributed by atoms with E-state index in [4.69, 9.17) is 9.52 Å². The number of carboxylic acids is 1. The predicted molar refractivity (Wildman–Crippen MR) is 60.7 cm³/mol. The van der Waals surface area contributed by atoms with Crippen molar-refractivity contribution in [2.75, 3.05) is 0 Å². The summed E-state index contributed by atoms with van der Waals surface area (Å²) in [6.07, 6.45) is 1.06. The summed E-state index contributed by atoms with van der Waals surface area (Å²) in [4.78, 5) is 11.0. The molecule has 0 fully saturated rings. The molecule has 6 heteroatoms. The van der Waals surface area contributed by atoms with Crippen LogP contribution in [0.3, 0.4) is 0 Å². The van der Waals surface area contributed by atoms with E-state index in [0.29, 0.717) is 0 Å². The fraction of sp³-hybridized carbons (Fsp3) is 0.154. The molecule has 2 N–H and O–H groups in total. The quantitative estimate of drug-likeness (QED) is 0.897. The lowest BCUT2D eigenvalue weighted by Crippen LogP contribution is -2.26. The zero-order valence-corrected chi connectivity index (χ0v) is 9.85. The highest BCUT2D eigenvalue weighted by Gasteiger charge is 2.36. The van der Waals surface area contributed by atoms with Gasteiger partial charge in [0.05, 0.1) is 6.26 Å². The first-order chi connectivity index (χ1) is 8.85. The first-order valence-electron chi connectivity index (χ1n) is 5.34. The topological polar surface area (TPSA) is 70.7 Å². The van der Waals surface area contributed by atoms with Gasteiger partial charge < -0.3 is 14.6 Å². The summed E-state index contributed by atoms with van der Waals surface area (Å²) in [7, 11) is 0. The molecule has 0 saturated carbocycles. The van der Waals surface area contributed by atoms with E-state index < -0.39 is 28.8 Å². The number of aromatic carboxylic acids is 1. The SMILES string of the molecule is CC(O)(c1cccc(F)c1F)c1occc1C(=O)O. The molecular weight excluding hydrogens is 258 g/mol. The Hall–Kier alpha value is -2.21. The molecule has 1 atom stereocenters. The second-order valence-electron chi connectivity index (χ2n) is 4.14. The van der Waals surface area contributed by atoms with Crippen LogP contribution in [0.25, 0.3) is 0 Å². The Morgan fingerprint density at radius 3 is 2.63 bits per heavy atom. The Kier molecular flexibility index (Phi) is 3.11. The molecule has 19 heavy (non-hydrogen) atoms. The maximum Gasteiger partial charge on any atom is 0.339 e. The molecule has 1 aromatic carbocycles. The van der Waals surface area contributed by atoms with Gasteiger partial charge in [0.25, 0.3) is 0 Å². The van der Waals surface area contributed by atoms with Gasteiger partial charge in [-0.05, 0) is 19.1 Å². The minimum Gasteiger partial charge on any atom is -0.478 e. The third-order valence-corrected chi connectivity index (χ3v) is 2.81. The summed E-state index contributed by atoms with van der Waals surface area (Å²) in [6.45, 7) is 1.14. The monoisotopic (exact) mass is 268 g/mol. The van der Waals surface area contributed by atoms with Crippen molar-refractivity contribution in [2.24, 2.45) is 0 Å². The largest absolute Gasteiger partial charge is 0.478 e. The molecule has 0 bridgehead atoms. The van der Waals surface area contributed by atoms with Crippen LogP contribution in [0.5, 0.6) is 0 Å². The van der Waals surface area contributed by atoms with Gasteiger partial charge in [-0.3, -0.25) is 0 Å². The fourth-order valence-corrected chi connectivity index (χ4v) is 1.86. The molecule has 0 amide bonds. The predicted octanol–water partition coefficient (Wildman–Crippen LogP) is 2.51. The van der Waals surface area contributed by atoms with Crippen LogP contribution in [-0.4, -0.2) is 16.2 Å². The Labute approximate surface area is 106 Å². The number of carboxylic acid groups (broad SMARTS) is 1. The molecular formula is C13H10F2O4. The van der Waals surface area contributed by atoms with Crippen LogP contribution < -0.4 is 0 Å². The Morgan fingerprint density at radius 2 is 2.00 bits per heavy atom. The summed E-state index contributed by atoms with van der Waals surface area (Å²) in [5.41, 5.74) is -2.80. The first kappa shape index (κ1) is 13.2. The van der Waals surface area contributed by atoms with Crippen LogP contribution in [0.15, 0.2) is 34.9 Å². The summed E-state index contributed by atoms with van der Waals surface area (Å²) < 4.78 is 31.8. The van der Waals surface area contributed by atoms with Crippen molar-refractivity contribution in [3.8, 4) is 0 Å². The number of carbonyl (C=O) groups is 1. The number of halogens is 2. The highest BCUT2D eigenvalue weighted by Crippen LogP contribution is 2.34. The van der Waals surface area contributed by atoms with E-state index in [1.165, 1.54) is 6.07 Å². The average Bonchev–Trinajstić information content (AvgIpc) is 2.82. The number of furan rings is 1. The third-order valence-electron chi connectivity index (χ3n) is 2.81. The smallest absolute Gasteiger partial charge is 0.339 e. The number of aliphatic hydroxyl groups is 1. The molecule has 1 heterocycles. The molecule has 0 spiro atoms. The van der Waals surface area contributed by atoms with E-state index >= 15 is 0 Å². The van der Waals surface area contributed by atoms with Crippen molar-refractivity contribution in [3.05, 3.63) is 59.1 Å². The van der Waals surface area contributed by atoms with Crippen LogP contribution in [-0.2, 0) is 5.60 Å². The van der Waals surface area contributed by atoms with Crippen molar-refractivity contribution < 1.29 is 28.2 Å². The summed E-state index contributed by atoms with van der Waals surface area (Å²) in [5.74, 6) is -4.08. The minimum absolute atomic E-state index is 0.311. The maximum atomic E-state index is 13.7. The second-order valence-corrected chi connectivity index (χ2v) is 4.14. The van der Waals surface area contributed by atoms with Crippen molar-refractivity contribution in [3.63, 3.8) is 0 Å². The van der Waals surface area contributed by atoms with Gasteiger partial charge in [0.1, 0.15) is 11.2 Å². The van der Waals surface area contributed by atoms with Gasteiger partial charge in [0.2, 0.25) is 0 Å². The van der Waals surface area contributed by atoms with Crippen molar-refractivity contribution in [1.82, 2.24) is 0 Å². The van der Waals surface area contributed by atoms with Crippen molar-refractivity contribution in [2.45, 2.75) is 12.5 Å². The van der Waals surface area contributed by atoms with Crippen LogP contribution in [0, 0.1) is 11.6 Å². The molecule has 4 nitrogen and oxygen atoms in total. The van der Waals surface area contributed by atoms with E-state index in [1.807, 2.05) is 0 Å². The second kappa shape index (κ2) is 4.47. The molecule has 1 unspecified atom stereocenters.